The lowest BCUT2D eigenvalue weighted by molar-refractivity contribution is -0.136. The number of anilines is 1. The summed E-state index contributed by atoms with van der Waals surface area (Å²) in [5, 5.41) is 6.40. The summed E-state index contributed by atoms with van der Waals surface area (Å²) in [5.74, 6) is -0.131. The summed E-state index contributed by atoms with van der Waals surface area (Å²) >= 11 is 0. The number of nitrogens with zero attached hydrogens (tertiary/aromatic N) is 1. The maximum atomic E-state index is 12.2. The van der Waals surface area contributed by atoms with Crippen LogP contribution in [0.1, 0.15) is 30.5 Å². The van der Waals surface area contributed by atoms with E-state index in [0.29, 0.717) is 48.3 Å². The van der Waals surface area contributed by atoms with Crippen LogP contribution in [0.3, 0.4) is 0 Å². The van der Waals surface area contributed by atoms with Gasteiger partial charge in [0.15, 0.2) is 11.5 Å². The fraction of sp³-hybridized carbons (Fsp3) is 0.222. The van der Waals surface area contributed by atoms with Crippen molar-refractivity contribution < 1.29 is 23.8 Å². The Morgan fingerprint density at radius 3 is 2.29 bits per heavy atom. The second kappa shape index (κ2) is 12.8. The number of hydrazone groups is 1. The number of nitrogens with one attached hydrogen (secondary N) is 2. The maximum absolute atomic E-state index is 12.2. The van der Waals surface area contributed by atoms with Gasteiger partial charge in [-0.1, -0.05) is 42.0 Å². The zero-order chi connectivity index (χ0) is 25.0. The highest BCUT2D eigenvalue weighted by Gasteiger charge is 2.15. The molecule has 0 aliphatic heterocycles. The zero-order valence-electron chi connectivity index (χ0n) is 20.0. The smallest absolute Gasteiger partial charge is 0.329 e. The molecule has 2 N–H and O–H groups in total. The molecular formula is C27H29N3O5. The van der Waals surface area contributed by atoms with Crippen molar-refractivity contribution in [3.63, 3.8) is 0 Å². The van der Waals surface area contributed by atoms with Gasteiger partial charge in [-0.2, -0.15) is 5.10 Å². The van der Waals surface area contributed by atoms with E-state index in [1.165, 1.54) is 11.8 Å². The number of hydrogen-bond donors (Lipinski definition) is 2. The summed E-state index contributed by atoms with van der Waals surface area (Å²) in [4.78, 5) is 24.4. The first kappa shape index (κ1) is 25.3. The third-order valence-corrected chi connectivity index (χ3v) is 4.80. The fourth-order valence-electron chi connectivity index (χ4n) is 3.08. The molecule has 3 aromatic carbocycles. The number of hydrogen-bond acceptors (Lipinski definition) is 6. The Balaban J connectivity index is 1.59. The molecule has 0 radical (unpaired) electrons. The summed E-state index contributed by atoms with van der Waals surface area (Å²) < 4.78 is 17.1. The minimum atomic E-state index is -0.907. The van der Waals surface area contributed by atoms with Crippen molar-refractivity contribution in [2.45, 2.75) is 27.4 Å². The van der Waals surface area contributed by atoms with Crippen molar-refractivity contribution in [2.75, 3.05) is 18.5 Å². The Morgan fingerprint density at radius 2 is 1.54 bits per heavy atom. The third kappa shape index (κ3) is 7.60. The monoisotopic (exact) mass is 475 g/mol. The minimum absolute atomic E-state index is 0.404. The average molecular weight is 476 g/mol. The van der Waals surface area contributed by atoms with Crippen molar-refractivity contribution in [3.05, 3.63) is 83.4 Å². The zero-order valence-corrected chi connectivity index (χ0v) is 20.0. The van der Waals surface area contributed by atoms with Crippen LogP contribution in [0.4, 0.5) is 5.69 Å². The molecule has 35 heavy (non-hydrogen) atoms. The molecule has 0 saturated heterocycles. The van der Waals surface area contributed by atoms with Gasteiger partial charge in [0, 0.05) is 0 Å². The molecule has 0 unspecified atom stereocenters. The summed E-state index contributed by atoms with van der Waals surface area (Å²) in [7, 11) is 0. The first-order valence-electron chi connectivity index (χ1n) is 11.3. The van der Waals surface area contributed by atoms with Gasteiger partial charge in [0.1, 0.15) is 12.4 Å². The van der Waals surface area contributed by atoms with Crippen LogP contribution in [-0.2, 0) is 16.2 Å². The number of benzene rings is 3. The van der Waals surface area contributed by atoms with Crippen LogP contribution in [0.5, 0.6) is 17.2 Å². The van der Waals surface area contributed by atoms with Gasteiger partial charge in [0.25, 0.3) is 0 Å². The molecule has 0 heterocycles. The lowest BCUT2D eigenvalue weighted by Crippen LogP contribution is -2.32. The second-order valence-corrected chi connectivity index (χ2v) is 7.50. The quantitative estimate of drug-likeness (QED) is 0.256. The van der Waals surface area contributed by atoms with Gasteiger partial charge in [-0.15, -0.1) is 0 Å². The molecule has 0 aromatic heterocycles. The Kier molecular flexibility index (Phi) is 9.24. The van der Waals surface area contributed by atoms with Crippen molar-refractivity contribution in [1.29, 1.82) is 0 Å². The molecule has 182 valence electrons. The van der Waals surface area contributed by atoms with E-state index in [9.17, 15) is 9.59 Å². The van der Waals surface area contributed by atoms with E-state index >= 15 is 0 Å². The van der Waals surface area contributed by atoms with Gasteiger partial charge in [0.2, 0.25) is 0 Å². The molecule has 0 spiro atoms. The van der Waals surface area contributed by atoms with Gasteiger partial charge in [-0.05, 0) is 62.2 Å². The SMILES string of the molecule is CCOc1ccccc1NC(=O)C(=O)N/N=C/c1ccc(OCc2ccc(C)cc2)c(OCC)c1. The van der Waals surface area contributed by atoms with E-state index in [0.717, 1.165) is 5.56 Å². The lowest BCUT2D eigenvalue weighted by atomic mass is 10.2. The molecule has 0 aliphatic rings. The Hall–Kier alpha value is -4.33. The van der Waals surface area contributed by atoms with Crippen molar-refractivity contribution in [1.82, 2.24) is 5.43 Å². The molecule has 2 amide bonds. The molecule has 0 atom stereocenters. The molecule has 3 aromatic rings. The van der Waals surface area contributed by atoms with Crippen LogP contribution in [-0.4, -0.2) is 31.2 Å². The van der Waals surface area contributed by atoms with Crippen molar-refractivity contribution in [2.24, 2.45) is 5.10 Å². The predicted molar refractivity (Wildman–Crippen MR) is 135 cm³/mol. The molecule has 3 rings (SSSR count). The topological polar surface area (TPSA) is 98.2 Å². The van der Waals surface area contributed by atoms with Gasteiger partial charge in [0.05, 0.1) is 25.1 Å². The van der Waals surface area contributed by atoms with Crippen LogP contribution in [0, 0.1) is 6.92 Å². The van der Waals surface area contributed by atoms with Crippen LogP contribution in [0.15, 0.2) is 71.8 Å². The Morgan fingerprint density at radius 1 is 0.829 bits per heavy atom. The predicted octanol–water partition coefficient (Wildman–Crippen LogP) is 4.46. The average Bonchev–Trinajstić information content (AvgIpc) is 2.86. The molecule has 0 saturated carbocycles. The van der Waals surface area contributed by atoms with E-state index in [1.807, 2.05) is 45.0 Å². The van der Waals surface area contributed by atoms with Gasteiger partial charge < -0.3 is 19.5 Å². The molecule has 0 fully saturated rings. The molecule has 8 heteroatoms. The number of ether oxygens (including phenoxy) is 3. The number of carbonyl (C=O) groups excluding carboxylic acids is 2. The summed E-state index contributed by atoms with van der Waals surface area (Å²) in [5.41, 5.74) is 5.53. The molecule has 8 nitrogen and oxygen atoms in total. The highest BCUT2D eigenvalue weighted by Crippen LogP contribution is 2.29. The van der Waals surface area contributed by atoms with Crippen LogP contribution >= 0.6 is 0 Å². The standard InChI is InChI=1S/C27H29N3O5/c1-4-33-23-9-7-6-8-22(23)29-26(31)27(32)30-28-17-21-14-15-24(25(16-21)34-5-2)35-18-20-12-10-19(3)11-13-20/h6-17H,4-5,18H2,1-3H3,(H,29,31)(H,30,32)/b28-17+. The largest absolute Gasteiger partial charge is 0.492 e. The summed E-state index contributed by atoms with van der Waals surface area (Å²) in [6.45, 7) is 7.05. The molecular weight excluding hydrogens is 446 g/mol. The number of amides is 2. The van der Waals surface area contributed by atoms with Gasteiger partial charge >= 0.3 is 11.8 Å². The highest BCUT2D eigenvalue weighted by molar-refractivity contribution is 6.39. The first-order valence-corrected chi connectivity index (χ1v) is 11.3. The number of aryl methyl sites for hydroxylation is 1. The molecule has 0 aliphatic carbocycles. The number of carbonyl (C=O) groups is 2. The third-order valence-electron chi connectivity index (χ3n) is 4.80. The Bertz CT molecular complexity index is 1180. The van der Waals surface area contributed by atoms with Gasteiger partial charge in [-0.25, -0.2) is 5.43 Å². The van der Waals surface area contributed by atoms with Crippen molar-refractivity contribution >= 4 is 23.7 Å². The van der Waals surface area contributed by atoms with Crippen LogP contribution in [0.2, 0.25) is 0 Å². The van der Waals surface area contributed by atoms with E-state index in [-0.39, 0.29) is 0 Å². The lowest BCUT2D eigenvalue weighted by Gasteiger charge is -2.13. The van der Waals surface area contributed by atoms with Crippen LogP contribution in [0.25, 0.3) is 0 Å². The van der Waals surface area contributed by atoms with E-state index in [1.54, 1.807) is 42.5 Å². The normalized spacial score (nSPS) is 10.6. The van der Waals surface area contributed by atoms with E-state index < -0.39 is 11.8 Å². The van der Waals surface area contributed by atoms with Crippen LogP contribution < -0.4 is 25.0 Å². The van der Waals surface area contributed by atoms with E-state index in [2.05, 4.69) is 15.8 Å². The summed E-state index contributed by atoms with van der Waals surface area (Å²) in [6, 6.07) is 20.3. The van der Waals surface area contributed by atoms with Gasteiger partial charge in [-0.3, -0.25) is 9.59 Å². The number of para-hydroxylation sites is 2. The summed E-state index contributed by atoms with van der Waals surface area (Å²) in [6.07, 6.45) is 1.42. The second-order valence-electron chi connectivity index (χ2n) is 7.50. The highest BCUT2D eigenvalue weighted by atomic mass is 16.5. The minimum Gasteiger partial charge on any atom is -0.492 e. The van der Waals surface area contributed by atoms with E-state index in [4.69, 9.17) is 14.2 Å². The number of rotatable bonds is 10. The maximum Gasteiger partial charge on any atom is 0.329 e. The fourth-order valence-corrected chi connectivity index (χ4v) is 3.08. The Labute approximate surface area is 204 Å². The van der Waals surface area contributed by atoms with Crippen molar-refractivity contribution in [3.8, 4) is 17.2 Å². The molecule has 0 bridgehead atoms. The first-order chi connectivity index (χ1) is 17.0.